The van der Waals surface area contributed by atoms with Gasteiger partial charge in [-0.3, -0.25) is 0 Å². The summed E-state index contributed by atoms with van der Waals surface area (Å²) < 4.78 is 10.6. The Kier molecular flexibility index (Phi) is 3.49. The van der Waals surface area contributed by atoms with E-state index in [-0.39, 0.29) is 0 Å². The molecule has 0 saturated heterocycles. The zero-order valence-electron chi connectivity index (χ0n) is 10.0. The Bertz CT molecular complexity index is 470. The zero-order chi connectivity index (χ0) is 12.3. The molecule has 0 bridgehead atoms. The van der Waals surface area contributed by atoms with Gasteiger partial charge in [-0.25, -0.2) is 0 Å². The third kappa shape index (κ3) is 2.50. The summed E-state index contributed by atoms with van der Waals surface area (Å²) in [6, 6.07) is 11.0. The molecule has 1 aromatic heterocycles. The summed E-state index contributed by atoms with van der Waals surface area (Å²) in [5.41, 5.74) is 0.794. The quantitative estimate of drug-likeness (QED) is 0.881. The second-order valence-corrected chi connectivity index (χ2v) is 3.83. The molecule has 3 heteroatoms. The van der Waals surface area contributed by atoms with E-state index in [4.69, 9.17) is 9.15 Å². The maximum Gasteiger partial charge on any atom is 0.137 e. The van der Waals surface area contributed by atoms with Crippen molar-refractivity contribution in [2.45, 2.75) is 19.4 Å². The lowest BCUT2D eigenvalue weighted by Gasteiger charge is -2.08. The van der Waals surface area contributed by atoms with Gasteiger partial charge in [-0.2, -0.15) is 0 Å². The Morgan fingerprint density at radius 1 is 1.18 bits per heavy atom. The second kappa shape index (κ2) is 5.06. The van der Waals surface area contributed by atoms with Crippen LogP contribution in [-0.4, -0.2) is 12.2 Å². The number of aryl methyl sites for hydroxylation is 1. The van der Waals surface area contributed by atoms with Crippen molar-refractivity contribution >= 4 is 0 Å². The van der Waals surface area contributed by atoms with Gasteiger partial charge in [-0.15, -0.1) is 0 Å². The molecule has 0 spiro atoms. The first kappa shape index (κ1) is 11.7. The van der Waals surface area contributed by atoms with Crippen molar-refractivity contribution in [3.05, 3.63) is 53.5 Å². The summed E-state index contributed by atoms with van der Waals surface area (Å²) in [7, 11) is 1.62. The third-order valence-corrected chi connectivity index (χ3v) is 2.73. The molecule has 0 amide bonds. The Balaban J connectivity index is 2.20. The number of furan rings is 1. The summed E-state index contributed by atoms with van der Waals surface area (Å²) in [6.45, 7) is 2.02. The lowest BCUT2D eigenvalue weighted by Crippen LogP contribution is -1.97. The number of methoxy groups -OCH3 is 1. The lowest BCUT2D eigenvalue weighted by molar-refractivity contribution is 0.187. The summed E-state index contributed by atoms with van der Waals surface area (Å²) in [6.07, 6.45) is 0.108. The van der Waals surface area contributed by atoms with E-state index in [1.807, 2.05) is 43.3 Å². The number of rotatable bonds is 4. The van der Waals surface area contributed by atoms with Gasteiger partial charge in [-0.1, -0.05) is 19.1 Å². The fourth-order valence-corrected chi connectivity index (χ4v) is 1.68. The normalized spacial score (nSPS) is 12.4. The van der Waals surface area contributed by atoms with Gasteiger partial charge in [0, 0.05) is 6.42 Å². The van der Waals surface area contributed by atoms with Crippen LogP contribution in [0.2, 0.25) is 0 Å². The van der Waals surface area contributed by atoms with Crippen LogP contribution in [0, 0.1) is 0 Å². The molecule has 0 aliphatic carbocycles. The predicted octanol–water partition coefficient (Wildman–Crippen LogP) is 2.93. The minimum absolute atomic E-state index is 0.576. The molecular weight excluding hydrogens is 216 g/mol. The predicted molar refractivity (Wildman–Crippen MR) is 65.1 cm³/mol. The van der Waals surface area contributed by atoms with Crippen LogP contribution in [0.5, 0.6) is 5.75 Å². The van der Waals surface area contributed by atoms with Crippen LogP contribution >= 0.6 is 0 Å². The van der Waals surface area contributed by atoms with E-state index in [0.29, 0.717) is 5.76 Å². The number of hydrogen-bond acceptors (Lipinski definition) is 3. The number of hydrogen-bond donors (Lipinski definition) is 1. The Morgan fingerprint density at radius 2 is 1.88 bits per heavy atom. The van der Waals surface area contributed by atoms with Crippen LogP contribution in [0.15, 0.2) is 40.8 Å². The minimum Gasteiger partial charge on any atom is -0.497 e. The van der Waals surface area contributed by atoms with E-state index in [1.54, 1.807) is 7.11 Å². The first-order valence-electron chi connectivity index (χ1n) is 5.65. The largest absolute Gasteiger partial charge is 0.497 e. The standard InChI is InChI=1S/C14H16O3/c1-3-11-8-9-13(17-11)14(15)10-4-6-12(16-2)7-5-10/h4-9,14-15H,3H2,1-2H3. The third-order valence-electron chi connectivity index (χ3n) is 2.73. The summed E-state index contributed by atoms with van der Waals surface area (Å²) in [5, 5.41) is 10.1. The van der Waals surface area contributed by atoms with Crippen LogP contribution in [0.25, 0.3) is 0 Å². The molecule has 1 aromatic carbocycles. The summed E-state index contributed by atoms with van der Waals surface area (Å²) in [4.78, 5) is 0. The zero-order valence-corrected chi connectivity index (χ0v) is 10.0. The van der Waals surface area contributed by atoms with Gasteiger partial charge in [0.2, 0.25) is 0 Å². The van der Waals surface area contributed by atoms with Crippen molar-refractivity contribution in [3.8, 4) is 5.75 Å². The van der Waals surface area contributed by atoms with Crippen molar-refractivity contribution in [2.24, 2.45) is 0 Å². The maximum atomic E-state index is 10.1. The minimum atomic E-state index is -0.721. The van der Waals surface area contributed by atoms with Gasteiger partial charge in [-0.05, 0) is 29.8 Å². The fourth-order valence-electron chi connectivity index (χ4n) is 1.68. The second-order valence-electron chi connectivity index (χ2n) is 3.83. The first-order valence-corrected chi connectivity index (χ1v) is 5.65. The molecule has 1 heterocycles. The van der Waals surface area contributed by atoms with E-state index in [9.17, 15) is 5.11 Å². The Morgan fingerprint density at radius 3 is 2.41 bits per heavy atom. The molecule has 0 fully saturated rings. The molecule has 90 valence electrons. The van der Waals surface area contributed by atoms with Crippen LogP contribution < -0.4 is 4.74 Å². The monoisotopic (exact) mass is 232 g/mol. The molecule has 17 heavy (non-hydrogen) atoms. The molecule has 1 N–H and O–H groups in total. The summed E-state index contributed by atoms with van der Waals surface area (Å²) in [5.74, 6) is 2.23. The average Bonchev–Trinajstić information content (AvgIpc) is 2.87. The van der Waals surface area contributed by atoms with Crippen LogP contribution in [-0.2, 0) is 6.42 Å². The van der Waals surface area contributed by atoms with Crippen molar-refractivity contribution in [2.75, 3.05) is 7.11 Å². The highest BCUT2D eigenvalue weighted by Crippen LogP contribution is 2.25. The molecule has 3 nitrogen and oxygen atoms in total. The average molecular weight is 232 g/mol. The van der Waals surface area contributed by atoms with Gasteiger partial charge in [0.05, 0.1) is 7.11 Å². The molecule has 0 aliphatic heterocycles. The van der Waals surface area contributed by atoms with Crippen LogP contribution in [0.3, 0.4) is 0 Å². The SMILES string of the molecule is CCc1ccc(C(O)c2ccc(OC)cc2)o1. The maximum absolute atomic E-state index is 10.1. The number of ether oxygens (including phenoxy) is 1. The molecule has 0 saturated carbocycles. The van der Waals surface area contributed by atoms with E-state index in [0.717, 1.165) is 23.5 Å². The molecule has 0 aliphatic rings. The van der Waals surface area contributed by atoms with Gasteiger partial charge >= 0.3 is 0 Å². The number of aliphatic hydroxyl groups excluding tert-OH is 1. The van der Waals surface area contributed by atoms with Crippen LogP contribution in [0.4, 0.5) is 0 Å². The van der Waals surface area contributed by atoms with E-state index in [1.165, 1.54) is 0 Å². The molecule has 2 rings (SSSR count). The highest BCUT2D eigenvalue weighted by molar-refractivity contribution is 5.31. The topological polar surface area (TPSA) is 42.6 Å². The van der Waals surface area contributed by atoms with E-state index in [2.05, 4.69) is 0 Å². The summed E-state index contributed by atoms with van der Waals surface area (Å²) >= 11 is 0. The molecular formula is C14H16O3. The highest BCUT2D eigenvalue weighted by atomic mass is 16.5. The van der Waals surface area contributed by atoms with Crippen LogP contribution in [0.1, 0.15) is 30.1 Å². The smallest absolute Gasteiger partial charge is 0.137 e. The van der Waals surface area contributed by atoms with Crippen molar-refractivity contribution < 1.29 is 14.3 Å². The molecule has 1 atom stereocenters. The fraction of sp³-hybridized carbons (Fsp3) is 0.286. The number of benzene rings is 1. The van der Waals surface area contributed by atoms with Crippen molar-refractivity contribution in [1.29, 1.82) is 0 Å². The molecule has 0 radical (unpaired) electrons. The van der Waals surface area contributed by atoms with Gasteiger partial charge in [0.1, 0.15) is 23.4 Å². The van der Waals surface area contributed by atoms with E-state index < -0.39 is 6.10 Å². The van der Waals surface area contributed by atoms with Crippen molar-refractivity contribution in [1.82, 2.24) is 0 Å². The number of aliphatic hydroxyl groups is 1. The first-order chi connectivity index (χ1) is 8.24. The lowest BCUT2D eigenvalue weighted by atomic mass is 10.1. The Hall–Kier alpha value is -1.74. The molecule has 1 unspecified atom stereocenters. The van der Waals surface area contributed by atoms with Crippen molar-refractivity contribution in [3.63, 3.8) is 0 Å². The van der Waals surface area contributed by atoms with Gasteiger partial charge < -0.3 is 14.3 Å². The highest BCUT2D eigenvalue weighted by Gasteiger charge is 2.14. The molecule has 2 aromatic rings. The Labute approximate surface area is 101 Å². The van der Waals surface area contributed by atoms with E-state index >= 15 is 0 Å². The van der Waals surface area contributed by atoms with Gasteiger partial charge in [0.25, 0.3) is 0 Å². The van der Waals surface area contributed by atoms with Gasteiger partial charge in [0.15, 0.2) is 0 Å².